The lowest BCUT2D eigenvalue weighted by atomic mass is 10.1. The maximum atomic E-state index is 11.7. The van der Waals surface area contributed by atoms with E-state index in [2.05, 4.69) is 20.9 Å². The van der Waals surface area contributed by atoms with E-state index in [9.17, 15) is 4.79 Å². The largest absolute Gasteiger partial charge is 0.396 e. The number of carbonyl (C=O) groups is 1. The van der Waals surface area contributed by atoms with Crippen molar-refractivity contribution in [2.75, 3.05) is 30.4 Å². The molecular weight excluding hydrogens is 336 g/mol. The minimum absolute atomic E-state index is 0.270. The van der Waals surface area contributed by atoms with Crippen LogP contribution in [0, 0.1) is 0 Å². The van der Waals surface area contributed by atoms with E-state index in [-0.39, 0.29) is 6.61 Å². The number of primary amides is 1. The van der Waals surface area contributed by atoms with Gasteiger partial charge in [0.1, 0.15) is 6.04 Å². The van der Waals surface area contributed by atoms with Crippen molar-refractivity contribution < 1.29 is 9.53 Å². The number of benzene rings is 1. The van der Waals surface area contributed by atoms with Crippen LogP contribution in [-0.2, 0) is 9.53 Å². The highest BCUT2D eigenvalue weighted by molar-refractivity contribution is 9.10. The lowest BCUT2D eigenvalue weighted by Crippen LogP contribution is -2.53. The number of anilines is 2. The van der Waals surface area contributed by atoms with Gasteiger partial charge in [-0.3, -0.25) is 9.78 Å². The van der Waals surface area contributed by atoms with E-state index in [0.29, 0.717) is 18.8 Å². The highest BCUT2D eigenvalue weighted by Gasteiger charge is 2.30. The fourth-order valence-electron chi connectivity index (χ4n) is 2.59. The molecule has 0 bridgehead atoms. The van der Waals surface area contributed by atoms with Crippen molar-refractivity contribution in [2.24, 2.45) is 5.73 Å². The Bertz CT molecular complexity index is 701. The molecule has 1 saturated heterocycles. The second-order valence-corrected chi connectivity index (χ2v) is 5.83. The van der Waals surface area contributed by atoms with Gasteiger partial charge in [0.05, 0.1) is 36.3 Å². The third kappa shape index (κ3) is 2.54. The van der Waals surface area contributed by atoms with Crippen molar-refractivity contribution in [3.8, 4) is 0 Å². The minimum atomic E-state index is -0.523. The number of aromatic nitrogens is 1. The topological polar surface area (TPSA) is 94.5 Å². The summed E-state index contributed by atoms with van der Waals surface area (Å²) in [5, 5.41) is 0.887. The second kappa shape index (κ2) is 5.50. The van der Waals surface area contributed by atoms with Gasteiger partial charge >= 0.3 is 0 Å². The van der Waals surface area contributed by atoms with Crippen LogP contribution in [0.2, 0.25) is 0 Å². The van der Waals surface area contributed by atoms with Gasteiger partial charge < -0.3 is 21.1 Å². The maximum absolute atomic E-state index is 11.7. The van der Waals surface area contributed by atoms with E-state index in [1.165, 1.54) is 0 Å². The molecule has 6 nitrogen and oxygen atoms in total. The molecular formula is C14H15BrN4O2. The molecule has 4 N–H and O–H groups in total. The Morgan fingerprint density at radius 3 is 3.05 bits per heavy atom. The monoisotopic (exact) mass is 350 g/mol. The van der Waals surface area contributed by atoms with Crippen LogP contribution < -0.4 is 16.4 Å². The maximum Gasteiger partial charge on any atom is 0.242 e. The molecule has 1 atom stereocenters. The molecule has 3 rings (SSSR count). The SMILES string of the molecule is NC(=O)C1COCCN1c1c(N)cnc2ccc(Br)cc12. The van der Waals surface area contributed by atoms with Crippen molar-refractivity contribution in [1.29, 1.82) is 0 Å². The normalized spacial score (nSPS) is 18.9. The molecule has 0 spiro atoms. The molecule has 110 valence electrons. The zero-order chi connectivity index (χ0) is 15.0. The number of hydrogen-bond donors (Lipinski definition) is 2. The Kier molecular flexibility index (Phi) is 3.69. The first-order chi connectivity index (χ1) is 10.1. The van der Waals surface area contributed by atoms with E-state index >= 15 is 0 Å². The van der Waals surface area contributed by atoms with Crippen LogP contribution >= 0.6 is 15.9 Å². The number of carbonyl (C=O) groups excluding carboxylic acids is 1. The number of morpholine rings is 1. The summed E-state index contributed by atoms with van der Waals surface area (Å²) >= 11 is 3.46. The zero-order valence-corrected chi connectivity index (χ0v) is 12.8. The van der Waals surface area contributed by atoms with Gasteiger partial charge in [-0.1, -0.05) is 15.9 Å². The van der Waals surface area contributed by atoms with E-state index in [1.54, 1.807) is 6.20 Å². The van der Waals surface area contributed by atoms with Crippen LogP contribution in [0.5, 0.6) is 0 Å². The Balaban J connectivity index is 2.19. The van der Waals surface area contributed by atoms with Gasteiger partial charge in [-0.2, -0.15) is 0 Å². The lowest BCUT2D eigenvalue weighted by Gasteiger charge is -2.36. The molecule has 0 radical (unpaired) electrons. The quantitative estimate of drug-likeness (QED) is 0.850. The number of fused-ring (bicyclic) bond motifs is 1. The first-order valence-electron chi connectivity index (χ1n) is 6.55. The Morgan fingerprint density at radius 1 is 1.48 bits per heavy atom. The number of hydrogen-bond acceptors (Lipinski definition) is 5. The van der Waals surface area contributed by atoms with Crippen LogP contribution in [0.3, 0.4) is 0 Å². The summed E-state index contributed by atoms with van der Waals surface area (Å²) in [5.74, 6) is -0.422. The Labute approximate surface area is 130 Å². The highest BCUT2D eigenvalue weighted by Crippen LogP contribution is 2.35. The molecule has 1 fully saturated rings. The first-order valence-corrected chi connectivity index (χ1v) is 7.34. The zero-order valence-electron chi connectivity index (χ0n) is 11.3. The van der Waals surface area contributed by atoms with Crippen molar-refractivity contribution in [3.63, 3.8) is 0 Å². The molecule has 7 heteroatoms. The number of pyridine rings is 1. The summed E-state index contributed by atoms with van der Waals surface area (Å²) in [4.78, 5) is 17.9. The second-order valence-electron chi connectivity index (χ2n) is 4.91. The number of nitrogens with zero attached hydrogens (tertiary/aromatic N) is 2. The molecule has 1 amide bonds. The average Bonchev–Trinajstić information content (AvgIpc) is 2.47. The first kappa shape index (κ1) is 14.1. The van der Waals surface area contributed by atoms with Crippen molar-refractivity contribution >= 4 is 44.1 Å². The molecule has 2 heterocycles. The van der Waals surface area contributed by atoms with Crippen LogP contribution in [0.15, 0.2) is 28.9 Å². The summed E-state index contributed by atoms with van der Waals surface area (Å²) in [5.41, 5.74) is 13.7. The van der Waals surface area contributed by atoms with E-state index in [0.717, 1.165) is 21.1 Å². The molecule has 0 saturated carbocycles. The summed E-state index contributed by atoms with van der Waals surface area (Å²) in [6, 6.07) is 5.25. The molecule has 1 aromatic heterocycles. The van der Waals surface area contributed by atoms with Crippen molar-refractivity contribution in [2.45, 2.75) is 6.04 Å². The number of nitrogen functional groups attached to an aromatic ring is 1. The average molecular weight is 351 g/mol. The van der Waals surface area contributed by atoms with Gasteiger partial charge in [0.15, 0.2) is 0 Å². The molecule has 1 aliphatic rings. The third-order valence-electron chi connectivity index (χ3n) is 3.57. The van der Waals surface area contributed by atoms with Crippen LogP contribution in [0.4, 0.5) is 11.4 Å². The number of rotatable bonds is 2. The van der Waals surface area contributed by atoms with Gasteiger partial charge in [-0.05, 0) is 18.2 Å². The molecule has 2 aromatic rings. The van der Waals surface area contributed by atoms with Crippen LogP contribution in [0.25, 0.3) is 10.9 Å². The lowest BCUT2D eigenvalue weighted by molar-refractivity contribution is -0.121. The predicted octanol–water partition coefficient (Wildman–Crippen LogP) is 1.27. The van der Waals surface area contributed by atoms with E-state index < -0.39 is 11.9 Å². The predicted molar refractivity (Wildman–Crippen MR) is 85.0 cm³/mol. The van der Waals surface area contributed by atoms with Crippen LogP contribution in [0.1, 0.15) is 0 Å². The van der Waals surface area contributed by atoms with E-state index in [4.69, 9.17) is 16.2 Å². The minimum Gasteiger partial charge on any atom is -0.396 e. The summed E-state index contributed by atoms with van der Waals surface area (Å²) in [7, 11) is 0. The third-order valence-corrected chi connectivity index (χ3v) is 4.07. The van der Waals surface area contributed by atoms with Gasteiger partial charge in [0, 0.05) is 16.4 Å². The van der Waals surface area contributed by atoms with Gasteiger partial charge in [0.25, 0.3) is 0 Å². The molecule has 1 unspecified atom stereocenters. The number of amides is 1. The number of ether oxygens (including phenoxy) is 1. The summed E-state index contributed by atoms with van der Waals surface area (Å²) < 4.78 is 6.29. The molecule has 1 aromatic carbocycles. The van der Waals surface area contributed by atoms with Gasteiger partial charge in [-0.15, -0.1) is 0 Å². The smallest absolute Gasteiger partial charge is 0.242 e. The fraction of sp³-hybridized carbons (Fsp3) is 0.286. The van der Waals surface area contributed by atoms with Crippen LogP contribution in [-0.4, -0.2) is 36.7 Å². The van der Waals surface area contributed by atoms with Crippen molar-refractivity contribution in [1.82, 2.24) is 4.98 Å². The standard InChI is InChI=1S/C14H15BrN4O2/c15-8-1-2-11-9(5-8)13(10(16)6-18-11)19-3-4-21-7-12(19)14(17)20/h1-2,5-6,12H,3-4,7,16H2,(H2,17,20). The number of halogens is 1. The van der Waals surface area contributed by atoms with Gasteiger partial charge in [0.2, 0.25) is 5.91 Å². The molecule has 21 heavy (non-hydrogen) atoms. The summed E-state index contributed by atoms with van der Waals surface area (Å²) in [6.07, 6.45) is 1.61. The molecule has 0 aliphatic carbocycles. The fourth-order valence-corrected chi connectivity index (χ4v) is 2.95. The van der Waals surface area contributed by atoms with Gasteiger partial charge in [-0.25, -0.2) is 0 Å². The number of nitrogens with two attached hydrogens (primary N) is 2. The highest BCUT2D eigenvalue weighted by atomic mass is 79.9. The Morgan fingerprint density at radius 2 is 2.29 bits per heavy atom. The summed E-state index contributed by atoms with van der Waals surface area (Å²) in [6.45, 7) is 1.36. The van der Waals surface area contributed by atoms with E-state index in [1.807, 2.05) is 23.1 Å². The Hall–Kier alpha value is -1.86. The molecule has 1 aliphatic heterocycles. The van der Waals surface area contributed by atoms with Crippen molar-refractivity contribution in [3.05, 3.63) is 28.9 Å².